The lowest BCUT2D eigenvalue weighted by Crippen LogP contribution is -1.92. The quantitative estimate of drug-likeness (QED) is 0.662. The molecule has 1 aromatic carbocycles. The van der Waals surface area contributed by atoms with Crippen molar-refractivity contribution in [2.75, 3.05) is 5.73 Å². The molecule has 0 bridgehead atoms. The van der Waals surface area contributed by atoms with Crippen LogP contribution in [-0.4, -0.2) is 19.7 Å². The first-order valence-electron chi connectivity index (χ1n) is 5.14. The Hall–Kier alpha value is -2.56. The van der Waals surface area contributed by atoms with E-state index in [2.05, 4.69) is 10.1 Å². The Labute approximate surface area is 97.1 Å². The zero-order valence-corrected chi connectivity index (χ0v) is 8.91. The number of hydrogen-bond acceptors (Lipinski definition) is 4. The highest BCUT2D eigenvalue weighted by Crippen LogP contribution is 2.20. The maximum Gasteiger partial charge on any atom is 0.182 e. The first kappa shape index (κ1) is 9.65. The van der Waals surface area contributed by atoms with Gasteiger partial charge in [0.2, 0.25) is 0 Å². The van der Waals surface area contributed by atoms with Gasteiger partial charge in [0.15, 0.2) is 11.5 Å². The molecule has 0 spiro atoms. The summed E-state index contributed by atoms with van der Waals surface area (Å²) in [5.41, 5.74) is 7.87. The number of phenols is 1. The van der Waals surface area contributed by atoms with E-state index in [0.717, 1.165) is 5.56 Å². The summed E-state index contributed by atoms with van der Waals surface area (Å²) in [6.45, 7) is 0. The normalized spacial score (nSPS) is 10.8. The van der Waals surface area contributed by atoms with Crippen LogP contribution >= 0.6 is 0 Å². The van der Waals surface area contributed by atoms with Crippen LogP contribution in [-0.2, 0) is 0 Å². The average Bonchev–Trinajstić information content (AvgIpc) is 2.75. The van der Waals surface area contributed by atoms with E-state index in [1.54, 1.807) is 41.0 Å². The minimum atomic E-state index is 0.219. The van der Waals surface area contributed by atoms with Crippen molar-refractivity contribution in [1.82, 2.24) is 14.6 Å². The van der Waals surface area contributed by atoms with Crippen molar-refractivity contribution in [2.45, 2.75) is 0 Å². The Bertz CT molecular complexity index is 673. The molecule has 0 saturated carbocycles. The third-order valence-electron chi connectivity index (χ3n) is 2.52. The van der Waals surface area contributed by atoms with E-state index >= 15 is 0 Å². The van der Waals surface area contributed by atoms with E-state index in [0.29, 0.717) is 17.2 Å². The summed E-state index contributed by atoms with van der Waals surface area (Å²) in [4.78, 5) is 4.36. The van der Waals surface area contributed by atoms with Crippen LogP contribution in [0.15, 0.2) is 42.6 Å². The smallest absolute Gasteiger partial charge is 0.182 e. The number of benzene rings is 1. The fraction of sp³-hybridized carbons (Fsp3) is 0. The number of fused-ring (bicyclic) bond motifs is 1. The van der Waals surface area contributed by atoms with E-state index in [9.17, 15) is 5.11 Å². The SMILES string of the molecule is Nc1cccn2nc(-c3ccc(O)cc3)nc12. The van der Waals surface area contributed by atoms with Crippen molar-refractivity contribution in [3.63, 3.8) is 0 Å². The molecule has 3 N–H and O–H groups in total. The van der Waals surface area contributed by atoms with Crippen molar-refractivity contribution in [1.29, 1.82) is 0 Å². The second kappa shape index (κ2) is 3.48. The molecule has 0 aliphatic heterocycles. The molecule has 3 rings (SSSR count). The van der Waals surface area contributed by atoms with Crippen LogP contribution in [0, 0.1) is 0 Å². The Morgan fingerprint density at radius 3 is 2.59 bits per heavy atom. The monoisotopic (exact) mass is 226 g/mol. The summed E-state index contributed by atoms with van der Waals surface area (Å²) in [6, 6.07) is 10.3. The van der Waals surface area contributed by atoms with Crippen molar-refractivity contribution in [2.24, 2.45) is 0 Å². The number of nitrogens with zero attached hydrogens (tertiary/aromatic N) is 3. The maximum atomic E-state index is 9.22. The first-order chi connectivity index (χ1) is 8.24. The van der Waals surface area contributed by atoms with E-state index in [1.165, 1.54) is 0 Å². The maximum absolute atomic E-state index is 9.22. The van der Waals surface area contributed by atoms with Crippen LogP contribution in [0.2, 0.25) is 0 Å². The number of phenolic OH excluding ortho intramolecular Hbond substituents is 1. The molecular formula is C12H10N4O. The van der Waals surface area contributed by atoms with Crippen molar-refractivity contribution in [3.05, 3.63) is 42.6 Å². The predicted octanol–water partition coefficient (Wildman–Crippen LogP) is 1.68. The van der Waals surface area contributed by atoms with Gasteiger partial charge < -0.3 is 10.8 Å². The zero-order valence-electron chi connectivity index (χ0n) is 8.91. The van der Waals surface area contributed by atoms with Gasteiger partial charge in [-0.1, -0.05) is 0 Å². The van der Waals surface area contributed by atoms with Gasteiger partial charge in [0.1, 0.15) is 5.75 Å². The Kier molecular flexibility index (Phi) is 1.98. The molecule has 17 heavy (non-hydrogen) atoms. The van der Waals surface area contributed by atoms with Crippen LogP contribution in [0.1, 0.15) is 0 Å². The molecule has 0 atom stereocenters. The van der Waals surface area contributed by atoms with Gasteiger partial charge in [-0.3, -0.25) is 0 Å². The van der Waals surface area contributed by atoms with Crippen LogP contribution in [0.25, 0.3) is 17.0 Å². The number of aromatic hydroxyl groups is 1. The molecule has 0 amide bonds. The third-order valence-corrected chi connectivity index (χ3v) is 2.52. The Balaban J connectivity index is 2.18. The number of pyridine rings is 1. The summed E-state index contributed by atoms with van der Waals surface area (Å²) in [6.07, 6.45) is 1.79. The standard InChI is InChI=1S/C12H10N4O/c13-10-2-1-7-16-12(10)14-11(15-16)8-3-5-9(17)6-4-8/h1-7,17H,13H2. The van der Waals surface area contributed by atoms with Crippen LogP contribution in [0.5, 0.6) is 5.75 Å². The minimum Gasteiger partial charge on any atom is -0.508 e. The first-order valence-corrected chi connectivity index (χ1v) is 5.14. The predicted molar refractivity (Wildman–Crippen MR) is 64.5 cm³/mol. The van der Waals surface area contributed by atoms with Gasteiger partial charge in [-0.25, -0.2) is 9.50 Å². The molecule has 2 aromatic heterocycles. The van der Waals surface area contributed by atoms with Crippen LogP contribution < -0.4 is 5.73 Å². The number of aromatic nitrogens is 3. The van der Waals surface area contributed by atoms with E-state index in [1.807, 2.05) is 6.07 Å². The van der Waals surface area contributed by atoms with Gasteiger partial charge in [0, 0.05) is 11.8 Å². The van der Waals surface area contributed by atoms with Gasteiger partial charge >= 0.3 is 0 Å². The second-order valence-corrected chi connectivity index (χ2v) is 3.71. The zero-order chi connectivity index (χ0) is 11.8. The lowest BCUT2D eigenvalue weighted by molar-refractivity contribution is 0.475. The third kappa shape index (κ3) is 1.57. The molecule has 0 aliphatic rings. The molecule has 2 heterocycles. The number of hydrogen-bond donors (Lipinski definition) is 2. The highest BCUT2D eigenvalue weighted by Gasteiger charge is 2.07. The van der Waals surface area contributed by atoms with Crippen LogP contribution in [0.4, 0.5) is 5.69 Å². The van der Waals surface area contributed by atoms with E-state index in [-0.39, 0.29) is 5.75 Å². The van der Waals surface area contributed by atoms with Gasteiger partial charge in [0.05, 0.1) is 5.69 Å². The van der Waals surface area contributed by atoms with Crippen molar-refractivity contribution >= 4 is 11.3 Å². The van der Waals surface area contributed by atoms with Crippen LogP contribution in [0.3, 0.4) is 0 Å². The summed E-state index contributed by atoms with van der Waals surface area (Å²) in [5.74, 6) is 0.805. The lowest BCUT2D eigenvalue weighted by Gasteiger charge is -1.94. The van der Waals surface area contributed by atoms with Gasteiger partial charge in [-0.2, -0.15) is 0 Å². The van der Waals surface area contributed by atoms with E-state index in [4.69, 9.17) is 5.73 Å². The molecule has 3 aromatic rings. The molecule has 0 radical (unpaired) electrons. The van der Waals surface area contributed by atoms with Gasteiger partial charge in [0.25, 0.3) is 0 Å². The minimum absolute atomic E-state index is 0.219. The number of rotatable bonds is 1. The summed E-state index contributed by atoms with van der Waals surface area (Å²) >= 11 is 0. The molecule has 5 nitrogen and oxygen atoms in total. The highest BCUT2D eigenvalue weighted by molar-refractivity contribution is 5.68. The molecular weight excluding hydrogens is 216 g/mol. The fourth-order valence-electron chi connectivity index (χ4n) is 1.66. The lowest BCUT2D eigenvalue weighted by atomic mass is 10.2. The van der Waals surface area contributed by atoms with Gasteiger partial charge in [-0.15, -0.1) is 5.10 Å². The summed E-state index contributed by atoms with van der Waals surface area (Å²) in [7, 11) is 0. The molecule has 5 heteroatoms. The topological polar surface area (TPSA) is 76.4 Å². The largest absolute Gasteiger partial charge is 0.508 e. The van der Waals surface area contributed by atoms with Crippen molar-refractivity contribution < 1.29 is 5.11 Å². The summed E-state index contributed by atoms with van der Waals surface area (Å²) in [5, 5.41) is 13.5. The molecule has 0 unspecified atom stereocenters. The highest BCUT2D eigenvalue weighted by atomic mass is 16.3. The molecule has 0 saturated heterocycles. The Morgan fingerprint density at radius 2 is 1.88 bits per heavy atom. The summed E-state index contributed by atoms with van der Waals surface area (Å²) < 4.78 is 1.64. The molecule has 0 fully saturated rings. The van der Waals surface area contributed by atoms with E-state index < -0.39 is 0 Å². The van der Waals surface area contributed by atoms with Gasteiger partial charge in [-0.05, 0) is 36.4 Å². The number of nitrogen functional groups attached to an aromatic ring is 1. The van der Waals surface area contributed by atoms with Crippen molar-refractivity contribution in [3.8, 4) is 17.1 Å². The number of anilines is 1. The average molecular weight is 226 g/mol. The number of nitrogens with two attached hydrogens (primary N) is 1. The molecule has 0 aliphatic carbocycles. The fourth-order valence-corrected chi connectivity index (χ4v) is 1.66. The molecule has 84 valence electrons. The Morgan fingerprint density at radius 1 is 1.12 bits per heavy atom. The second-order valence-electron chi connectivity index (χ2n) is 3.71.